The van der Waals surface area contributed by atoms with E-state index in [1.54, 1.807) is 6.07 Å². The lowest BCUT2D eigenvalue weighted by atomic mass is 9.97. The Hall–Kier alpha value is -1.09. The minimum absolute atomic E-state index is 0.249. The molecule has 1 aliphatic heterocycles. The molecule has 1 heterocycles. The number of benzene rings is 1. The van der Waals surface area contributed by atoms with Crippen LogP contribution in [-0.2, 0) is 12.8 Å². The van der Waals surface area contributed by atoms with E-state index >= 15 is 0 Å². The van der Waals surface area contributed by atoms with Crippen molar-refractivity contribution in [2.24, 2.45) is 0 Å². The van der Waals surface area contributed by atoms with Crippen LogP contribution in [0.3, 0.4) is 0 Å². The highest BCUT2D eigenvalue weighted by Gasteiger charge is 2.42. The molecule has 16 heavy (non-hydrogen) atoms. The molecule has 2 aliphatic rings. The van der Waals surface area contributed by atoms with Crippen molar-refractivity contribution in [1.29, 1.82) is 0 Å². The van der Waals surface area contributed by atoms with Crippen molar-refractivity contribution >= 4 is 0 Å². The summed E-state index contributed by atoms with van der Waals surface area (Å²) in [5, 5.41) is 9.89. The van der Waals surface area contributed by atoms with Crippen LogP contribution in [-0.4, -0.2) is 17.3 Å². The minimum Gasteiger partial charge on any atom is -0.493 e. The number of rotatable bonds is 2. The molecule has 1 N–H and O–H groups in total. The monoisotopic (exact) mass is 222 g/mol. The molecule has 2 nitrogen and oxygen atoms in total. The van der Waals surface area contributed by atoms with Crippen molar-refractivity contribution in [1.82, 2.24) is 0 Å². The lowest BCUT2D eigenvalue weighted by molar-refractivity contribution is 0.147. The van der Waals surface area contributed by atoms with Crippen LogP contribution in [0.15, 0.2) is 12.1 Å². The molecule has 0 radical (unpaired) electrons. The Bertz CT molecular complexity index is 424. The van der Waals surface area contributed by atoms with Crippen LogP contribution in [0.5, 0.6) is 5.75 Å². The summed E-state index contributed by atoms with van der Waals surface area (Å²) < 4.78 is 19.3. The maximum absolute atomic E-state index is 13.7. The number of aryl methyl sites for hydroxylation is 1. The first kappa shape index (κ1) is 10.1. The normalized spacial score (nSPS) is 21.1. The van der Waals surface area contributed by atoms with Crippen LogP contribution in [0, 0.1) is 5.82 Å². The second-order valence-corrected chi connectivity index (χ2v) is 4.87. The average Bonchev–Trinajstić information content (AvgIpc) is 3.01. The van der Waals surface area contributed by atoms with Crippen molar-refractivity contribution in [3.8, 4) is 5.75 Å². The molecule has 1 fully saturated rings. The number of hydrogen-bond acceptors (Lipinski definition) is 2. The molecule has 1 aliphatic carbocycles. The Morgan fingerprint density at radius 3 is 2.94 bits per heavy atom. The van der Waals surface area contributed by atoms with E-state index in [1.165, 1.54) is 6.07 Å². The largest absolute Gasteiger partial charge is 0.493 e. The number of halogens is 1. The van der Waals surface area contributed by atoms with Gasteiger partial charge in [0.1, 0.15) is 11.6 Å². The molecule has 0 unspecified atom stereocenters. The summed E-state index contributed by atoms with van der Waals surface area (Å²) >= 11 is 0. The second-order valence-electron chi connectivity index (χ2n) is 4.87. The van der Waals surface area contributed by atoms with Gasteiger partial charge in [0.05, 0.1) is 12.2 Å². The average molecular weight is 222 g/mol. The van der Waals surface area contributed by atoms with Gasteiger partial charge in [-0.1, -0.05) is 6.07 Å². The number of hydrogen-bond donors (Lipinski definition) is 1. The Labute approximate surface area is 94.0 Å². The molecule has 0 bridgehead atoms. The maximum atomic E-state index is 13.7. The van der Waals surface area contributed by atoms with Crippen LogP contribution >= 0.6 is 0 Å². The molecule has 0 amide bonds. The third kappa shape index (κ3) is 1.69. The van der Waals surface area contributed by atoms with E-state index in [0.717, 1.165) is 31.2 Å². The molecule has 1 aromatic rings. The van der Waals surface area contributed by atoms with E-state index in [-0.39, 0.29) is 5.82 Å². The highest BCUT2D eigenvalue weighted by molar-refractivity contribution is 5.44. The summed E-state index contributed by atoms with van der Waals surface area (Å²) in [7, 11) is 0. The quantitative estimate of drug-likeness (QED) is 0.831. The number of ether oxygens (including phenoxy) is 1. The summed E-state index contributed by atoms with van der Waals surface area (Å²) in [4.78, 5) is 0. The van der Waals surface area contributed by atoms with Gasteiger partial charge in [0.25, 0.3) is 0 Å². The van der Waals surface area contributed by atoms with Crippen molar-refractivity contribution < 1.29 is 14.2 Å². The van der Waals surface area contributed by atoms with E-state index in [4.69, 9.17) is 4.74 Å². The molecule has 3 rings (SSSR count). The van der Waals surface area contributed by atoms with Crippen molar-refractivity contribution in [3.63, 3.8) is 0 Å². The van der Waals surface area contributed by atoms with Gasteiger partial charge in [0.2, 0.25) is 0 Å². The smallest absolute Gasteiger partial charge is 0.130 e. The Morgan fingerprint density at radius 1 is 1.38 bits per heavy atom. The van der Waals surface area contributed by atoms with Gasteiger partial charge in [0.15, 0.2) is 0 Å². The van der Waals surface area contributed by atoms with Gasteiger partial charge >= 0.3 is 0 Å². The molecular weight excluding hydrogens is 207 g/mol. The first-order valence-corrected chi connectivity index (χ1v) is 5.83. The fourth-order valence-electron chi connectivity index (χ4n) is 2.28. The Kier molecular flexibility index (Phi) is 2.18. The van der Waals surface area contributed by atoms with Crippen molar-refractivity contribution in [2.45, 2.75) is 37.7 Å². The predicted molar refractivity (Wildman–Crippen MR) is 58.1 cm³/mol. The highest BCUT2D eigenvalue weighted by Crippen LogP contribution is 2.42. The summed E-state index contributed by atoms with van der Waals surface area (Å²) in [5.41, 5.74) is 0.973. The van der Waals surface area contributed by atoms with E-state index in [2.05, 4.69) is 0 Å². The van der Waals surface area contributed by atoms with Gasteiger partial charge in [-0.25, -0.2) is 4.39 Å². The summed E-state index contributed by atoms with van der Waals surface area (Å²) in [6.07, 6.45) is 3.87. The molecular formula is C13H15FO2. The zero-order valence-electron chi connectivity index (χ0n) is 9.13. The molecule has 0 aromatic heterocycles. The number of aliphatic hydroxyl groups is 1. The molecule has 0 atom stereocenters. The van der Waals surface area contributed by atoms with Crippen molar-refractivity contribution in [3.05, 3.63) is 29.1 Å². The fourth-order valence-corrected chi connectivity index (χ4v) is 2.28. The topological polar surface area (TPSA) is 29.5 Å². The Morgan fingerprint density at radius 2 is 2.19 bits per heavy atom. The van der Waals surface area contributed by atoms with Gasteiger partial charge in [-0.05, 0) is 37.3 Å². The van der Waals surface area contributed by atoms with E-state index < -0.39 is 5.60 Å². The molecule has 86 valence electrons. The summed E-state index contributed by atoms with van der Waals surface area (Å²) in [6, 6.07) is 3.29. The number of fused-ring (bicyclic) bond motifs is 1. The van der Waals surface area contributed by atoms with Gasteiger partial charge < -0.3 is 9.84 Å². The van der Waals surface area contributed by atoms with Crippen LogP contribution in [0.2, 0.25) is 0 Å². The zero-order valence-corrected chi connectivity index (χ0v) is 9.13. The fraction of sp³-hybridized carbons (Fsp3) is 0.538. The van der Waals surface area contributed by atoms with Gasteiger partial charge in [-0.15, -0.1) is 0 Å². The van der Waals surface area contributed by atoms with E-state index in [9.17, 15) is 9.50 Å². The van der Waals surface area contributed by atoms with Crippen LogP contribution in [0.1, 0.15) is 30.4 Å². The third-order valence-corrected chi connectivity index (χ3v) is 3.45. The van der Waals surface area contributed by atoms with Crippen LogP contribution < -0.4 is 4.74 Å². The van der Waals surface area contributed by atoms with Gasteiger partial charge in [0, 0.05) is 12.0 Å². The lowest BCUT2D eigenvalue weighted by Gasteiger charge is -2.22. The van der Waals surface area contributed by atoms with E-state index in [0.29, 0.717) is 24.3 Å². The van der Waals surface area contributed by atoms with Crippen LogP contribution in [0.25, 0.3) is 0 Å². The predicted octanol–water partition coefficient (Wildman–Crippen LogP) is 2.22. The summed E-state index contributed by atoms with van der Waals surface area (Å²) in [6.45, 7) is 0.655. The lowest BCUT2D eigenvalue weighted by Crippen LogP contribution is -2.17. The summed E-state index contributed by atoms with van der Waals surface area (Å²) in [5.74, 6) is 0.438. The third-order valence-electron chi connectivity index (χ3n) is 3.45. The van der Waals surface area contributed by atoms with Gasteiger partial charge in [-0.3, -0.25) is 0 Å². The van der Waals surface area contributed by atoms with E-state index in [1.807, 2.05) is 0 Å². The Balaban J connectivity index is 2.00. The maximum Gasteiger partial charge on any atom is 0.130 e. The highest BCUT2D eigenvalue weighted by atomic mass is 19.1. The molecule has 1 aromatic carbocycles. The zero-order chi connectivity index (χ0) is 11.2. The second kappa shape index (κ2) is 3.45. The van der Waals surface area contributed by atoms with Gasteiger partial charge in [-0.2, -0.15) is 0 Å². The first-order valence-electron chi connectivity index (χ1n) is 5.83. The standard InChI is InChI=1S/C13H15FO2/c14-11-4-3-9-2-1-7-16-12(9)10(11)8-13(15)5-6-13/h3-4,15H,1-2,5-8H2. The van der Waals surface area contributed by atoms with Crippen molar-refractivity contribution in [2.75, 3.05) is 6.61 Å². The SMILES string of the molecule is OC1(Cc2c(F)ccc3c2OCCC3)CC1. The molecule has 0 spiro atoms. The molecule has 3 heteroatoms. The molecule has 1 saturated carbocycles. The molecule has 0 saturated heterocycles. The minimum atomic E-state index is -0.670. The van der Waals surface area contributed by atoms with Crippen LogP contribution in [0.4, 0.5) is 4.39 Å². The first-order chi connectivity index (χ1) is 7.68.